The number of halogens is 1. The molecule has 25 heavy (non-hydrogen) atoms. The van der Waals surface area contributed by atoms with Gasteiger partial charge in [-0.1, -0.05) is 23.7 Å². The Balaban J connectivity index is 2.01. The van der Waals surface area contributed by atoms with Gasteiger partial charge in [-0.05, 0) is 37.6 Å². The SMILES string of the molecule is Cc1ccc(NC(=O)CNC(=O)c2cccc([N+](=O)[O-])c2C)c(Cl)c1. The molecule has 0 bridgehead atoms. The van der Waals surface area contributed by atoms with E-state index in [-0.39, 0.29) is 23.4 Å². The highest BCUT2D eigenvalue weighted by molar-refractivity contribution is 6.33. The second kappa shape index (κ2) is 7.76. The van der Waals surface area contributed by atoms with E-state index in [0.29, 0.717) is 10.7 Å². The second-order valence-electron chi connectivity index (χ2n) is 5.42. The van der Waals surface area contributed by atoms with Crippen molar-refractivity contribution in [3.05, 3.63) is 68.2 Å². The number of rotatable bonds is 5. The van der Waals surface area contributed by atoms with E-state index in [1.165, 1.54) is 25.1 Å². The van der Waals surface area contributed by atoms with Crippen molar-refractivity contribution in [3.8, 4) is 0 Å². The molecular weight excluding hydrogens is 346 g/mol. The predicted molar refractivity (Wildman–Crippen MR) is 95.0 cm³/mol. The minimum atomic E-state index is -0.564. The van der Waals surface area contributed by atoms with Gasteiger partial charge in [-0.25, -0.2) is 0 Å². The van der Waals surface area contributed by atoms with Crippen LogP contribution in [0.15, 0.2) is 36.4 Å². The first-order chi connectivity index (χ1) is 11.8. The third kappa shape index (κ3) is 4.54. The van der Waals surface area contributed by atoms with Gasteiger partial charge in [-0.2, -0.15) is 0 Å². The summed E-state index contributed by atoms with van der Waals surface area (Å²) in [6, 6.07) is 9.38. The summed E-state index contributed by atoms with van der Waals surface area (Å²) in [5.74, 6) is -1.02. The molecule has 0 unspecified atom stereocenters. The van der Waals surface area contributed by atoms with Crippen LogP contribution >= 0.6 is 11.6 Å². The molecule has 0 saturated heterocycles. The zero-order valence-corrected chi connectivity index (χ0v) is 14.4. The van der Waals surface area contributed by atoms with Crippen LogP contribution in [0, 0.1) is 24.0 Å². The lowest BCUT2D eigenvalue weighted by Crippen LogP contribution is -2.33. The molecule has 0 aromatic heterocycles. The van der Waals surface area contributed by atoms with Gasteiger partial charge in [0.1, 0.15) is 0 Å². The number of nitrogens with one attached hydrogen (secondary N) is 2. The van der Waals surface area contributed by atoms with Crippen molar-refractivity contribution in [2.24, 2.45) is 0 Å². The number of carbonyl (C=O) groups is 2. The van der Waals surface area contributed by atoms with E-state index in [4.69, 9.17) is 11.6 Å². The molecule has 0 aliphatic rings. The highest BCUT2D eigenvalue weighted by Crippen LogP contribution is 2.23. The maximum atomic E-state index is 12.2. The number of benzene rings is 2. The molecule has 130 valence electrons. The van der Waals surface area contributed by atoms with Crippen LogP contribution in [0.2, 0.25) is 5.02 Å². The van der Waals surface area contributed by atoms with Gasteiger partial charge >= 0.3 is 0 Å². The fraction of sp³-hybridized carbons (Fsp3) is 0.176. The predicted octanol–water partition coefficient (Wildman–Crippen LogP) is 3.23. The van der Waals surface area contributed by atoms with Crippen molar-refractivity contribution in [1.29, 1.82) is 0 Å². The van der Waals surface area contributed by atoms with Gasteiger partial charge in [-0.3, -0.25) is 19.7 Å². The average molecular weight is 362 g/mol. The molecule has 0 atom stereocenters. The summed E-state index contributed by atoms with van der Waals surface area (Å²) in [5, 5.41) is 16.4. The lowest BCUT2D eigenvalue weighted by atomic mass is 10.1. The number of nitro benzene ring substituents is 1. The minimum Gasteiger partial charge on any atom is -0.343 e. The molecule has 2 rings (SSSR count). The maximum Gasteiger partial charge on any atom is 0.273 e. The minimum absolute atomic E-state index is 0.148. The summed E-state index contributed by atoms with van der Waals surface area (Å²) in [6.07, 6.45) is 0. The summed E-state index contributed by atoms with van der Waals surface area (Å²) in [5.41, 5.74) is 1.64. The van der Waals surface area contributed by atoms with Crippen molar-refractivity contribution >= 4 is 34.8 Å². The first kappa shape index (κ1) is 18.4. The van der Waals surface area contributed by atoms with Gasteiger partial charge in [0.25, 0.3) is 11.6 Å². The first-order valence-corrected chi connectivity index (χ1v) is 7.75. The van der Waals surface area contributed by atoms with Crippen molar-refractivity contribution < 1.29 is 14.5 Å². The summed E-state index contributed by atoms with van der Waals surface area (Å²) in [6.45, 7) is 3.07. The van der Waals surface area contributed by atoms with E-state index in [0.717, 1.165) is 5.56 Å². The number of hydrogen-bond donors (Lipinski definition) is 2. The van der Waals surface area contributed by atoms with Gasteiger partial charge in [0.05, 0.1) is 22.2 Å². The van der Waals surface area contributed by atoms with Crippen LogP contribution in [0.25, 0.3) is 0 Å². The molecule has 8 heteroatoms. The number of hydrogen-bond acceptors (Lipinski definition) is 4. The fourth-order valence-corrected chi connectivity index (χ4v) is 2.52. The topological polar surface area (TPSA) is 101 Å². The van der Waals surface area contributed by atoms with E-state index >= 15 is 0 Å². The van der Waals surface area contributed by atoms with Gasteiger partial charge in [0.15, 0.2) is 0 Å². The van der Waals surface area contributed by atoms with Crippen molar-refractivity contribution in [2.45, 2.75) is 13.8 Å². The number of nitro groups is 1. The van der Waals surface area contributed by atoms with Crippen LogP contribution in [0.4, 0.5) is 11.4 Å². The van der Waals surface area contributed by atoms with E-state index in [2.05, 4.69) is 10.6 Å². The molecule has 0 aliphatic carbocycles. The Kier molecular flexibility index (Phi) is 5.71. The molecule has 2 aromatic rings. The first-order valence-electron chi connectivity index (χ1n) is 7.38. The largest absolute Gasteiger partial charge is 0.343 e. The van der Waals surface area contributed by atoms with Crippen LogP contribution < -0.4 is 10.6 Å². The van der Waals surface area contributed by atoms with Crippen molar-refractivity contribution in [1.82, 2.24) is 5.32 Å². The average Bonchev–Trinajstić information content (AvgIpc) is 2.55. The molecule has 7 nitrogen and oxygen atoms in total. The van der Waals surface area contributed by atoms with Crippen LogP contribution in [-0.4, -0.2) is 23.3 Å². The third-order valence-corrected chi connectivity index (χ3v) is 3.87. The van der Waals surface area contributed by atoms with E-state index < -0.39 is 16.7 Å². The lowest BCUT2D eigenvalue weighted by Gasteiger charge is -2.10. The van der Waals surface area contributed by atoms with Crippen LogP contribution in [0.1, 0.15) is 21.5 Å². The van der Waals surface area contributed by atoms with E-state index in [1.54, 1.807) is 18.2 Å². The number of nitrogens with zero attached hydrogens (tertiary/aromatic N) is 1. The smallest absolute Gasteiger partial charge is 0.273 e. The third-order valence-electron chi connectivity index (χ3n) is 3.55. The number of amides is 2. The monoisotopic (exact) mass is 361 g/mol. The van der Waals surface area contributed by atoms with Crippen LogP contribution in [0.3, 0.4) is 0 Å². The van der Waals surface area contributed by atoms with Gasteiger partial charge < -0.3 is 10.6 Å². The Labute approximate surface area is 149 Å². The normalized spacial score (nSPS) is 10.2. The van der Waals surface area contributed by atoms with Crippen molar-refractivity contribution in [2.75, 3.05) is 11.9 Å². The summed E-state index contributed by atoms with van der Waals surface area (Å²) in [4.78, 5) is 34.5. The molecule has 0 aliphatic heterocycles. The van der Waals surface area contributed by atoms with Gasteiger partial charge in [0, 0.05) is 17.2 Å². The fourth-order valence-electron chi connectivity index (χ4n) is 2.24. The van der Waals surface area contributed by atoms with Crippen LogP contribution in [-0.2, 0) is 4.79 Å². The zero-order chi connectivity index (χ0) is 18.6. The van der Waals surface area contributed by atoms with Gasteiger partial charge in [-0.15, -0.1) is 0 Å². The Bertz CT molecular complexity index is 852. The molecule has 2 aromatic carbocycles. The number of aryl methyl sites for hydroxylation is 1. The van der Waals surface area contributed by atoms with Crippen LogP contribution in [0.5, 0.6) is 0 Å². The number of anilines is 1. The summed E-state index contributed by atoms with van der Waals surface area (Å²) >= 11 is 6.03. The summed E-state index contributed by atoms with van der Waals surface area (Å²) < 4.78 is 0. The Morgan fingerprint density at radius 2 is 1.92 bits per heavy atom. The van der Waals surface area contributed by atoms with E-state index in [1.807, 2.05) is 6.92 Å². The maximum absolute atomic E-state index is 12.2. The molecule has 0 fully saturated rings. The second-order valence-corrected chi connectivity index (χ2v) is 5.83. The molecule has 0 heterocycles. The number of carbonyl (C=O) groups excluding carboxylic acids is 2. The molecule has 0 spiro atoms. The van der Waals surface area contributed by atoms with Crippen molar-refractivity contribution in [3.63, 3.8) is 0 Å². The lowest BCUT2D eigenvalue weighted by molar-refractivity contribution is -0.385. The summed E-state index contributed by atoms with van der Waals surface area (Å²) in [7, 11) is 0. The standard InChI is InChI=1S/C17H16ClN3O4/c1-10-6-7-14(13(18)8-10)20-16(22)9-19-17(23)12-4-3-5-15(11(12)2)21(24)25/h3-8H,9H2,1-2H3,(H,19,23)(H,20,22). The highest BCUT2D eigenvalue weighted by Gasteiger charge is 2.18. The molecular formula is C17H16ClN3O4. The Morgan fingerprint density at radius 1 is 1.20 bits per heavy atom. The highest BCUT2D eigenvalue weighted by atomic mass is 35.5. The molecule has 0 saturated carbocycles. The zero-order valence-electron chi connectivity index (χ0n) is 13.6. The van der Waals surface area contributed by atoms with E-state index in [9.17, 15) is 19.7 Å². The molecule has 2 amide bonds. The Morgan fingerprint density at radius 3 is 2.56 bits per heavy atom. The Hall–Kier alpha value is -2.93. The quantitative estimate of drug-likeness (QED) is 0.630. The van der Waals surface area contributed by atoms with Gasteiger partial charge in [0.2, 0.25) is 5.91 Å². The molecule has 0 radical (unpaired) electrons. The molecule has 2 N–H and O–H groups in total.